The Morgan fingerprint density at radius 2 is 1.37 bits per heavy atom. The molecule has 2 N–H and O–H groups in total. The molecule has 98 valence electrons. The van der Waals surface area contributed by atoms with Gasteiger partial charge < -0.3 is 10.5 Å². The molecule has 2 aromatic carbocycles. The van der Waals surface area contributed by atoms with E-state index in [0.29, 0.717) is 0 Å². The normalized spacial score (nSPS) is 12.3. The maximum atomic E-state index is 11.2. The van der Waals surface area contributed by atoms with Crippen LogP contribution in [0, 0.1) is 0 Å². The quantitative estimate of drug-likeness (QED) is 0.893. The summed E-state index contributed by atoms with van der Waals surface area (Å²) < 4.78 is 5.81. The van der Waals surface area contributed by atoms with Gasteiger partial charge in [-0.15, -0.1) is 0 Å². The van der Waals surface area contributed by atoms with Gasteiger partial charge in [-0.25, -0.2) is 0 Å². The number of nitrogens with two attached hydrogens (primary N) is 1. The first-order valence-corrected chi connectivity index (χ1v) is 6.23. The van der Waals surface area contributed by atoms with E-state index in [-0.39, 0.29) is 6.10 Å². The minimum Gasteiger partial charge on any atom is -0.367 e. The molecule has 1 amide bonds. The molecule has 1 unspecified atom stereocenters. The van der Waals surface area contributed by atoms with E-state index in [1.165, 1.54) is 0 Å². The maximum absolute atomic E-state index is 11.2. The second kappa shape index (κ2) is 6.16. The summed E-state index contributed by atoms with van der Waals surface area (Å²) in [6.07, 6.45) is -0.921. The van der Waals surface area contributed by atoms with E-state index in [2.05, 4.69) is 0 Å². The second-order valence-corrected chi connectivity index (χ2v) is 4.38. The van der Waals surface area contributed by atoms with Crippen LogP contribution < -0.4 is 5.73 Å². The summed E-state index contributed by atoms with van der Waals surface area (Å²) in [7, 11) is 0. The fourth-order valence-electron chi connectivity index (χ4n) is 1.88. The largest absolute Gasteiger partial charge is 0.367 e. The van der Waals surface area contributed by atoms with Gasteiger partial charge in [-0.05, 0) is 18.1 Å². The van der Waals surface area contributed by atoms with Crippen molar-refractivity contribution in [3.8, 4) is 0 Å². The average Bonchev–Trinajstić information content (AvgIpc) is 2.46. The molecular formula is C16H17NO2. The standard InChI is InChI=1S/C16H17NO2/c1-12(16(17)18)19-15(13-8-4-2-5-9-13)14-10-6-3-7-11-14/h2-12,15H,1H3,(H2,17,18). The van der Waals surface area contributed by atoms with Crippen LogP contribution in [-0.2, 0) is 9.53 Å². The summed E-state index contributed by atoms with van der Waals surface area (Å²) in [4.78, 5) is 11.2. The average molecular weight is 255 g/mol. The molecule has 0 aliphatic carbocycles. The predicted molar refractivity (Wildman–Crippen MR) is 74.5 cm³/mol. The highest BCUT2D eigenvalue weighted by molar-refractivity contribution is 5.78. The highest BCUT2D eigenvalue weighted by atomic mass is 16.5. The summed E-state index contributed by atoms with van der Waals surface area (Å²) in [6.45, 7) is 1.67. The van der Waals surface area contributed by atoms with Gasteiger partial charge in [-0.1, -0.05) is 60.7 Å². The number of carbonyl (C=O) groups excluding carboxylic acids is 1. The lowest BCUT2D eigenvalue weighted by Gasteiger charge is -2.21. The van der Waals surface area contributed by atoms with Crippen LogP contribution >= 0.6 is 0 Å². The summed E-state index contributed by atoms with van der Waals surface area (Å²) in [5.74, 6) is -0.461. The minimum atomic E-state index is -0.634. The van der Waals surface area contributed by atoms with Crippen LogP contribution in [0.5, 0.6) is 0 Å². The van der Waals surface area contributed by atoms with Crippen molar-refractivity contribution in [3.63, 3.8) is 0 Å². The van der Waals surface area contributed by atoms with Crippen LogP contribution in [0.25, 0.3) is 0 Å². The SMILES string of the molecule is CC(OC(c1ccccc1)c1ccccc1)C(N)=O. The fraction of sp³-hybridized carbons (Fsp3) is 0.188. The van der Waals surface area contributed by atoms with Crippen molar-refractivity contribution in [2.24, 2.45) is 5.73 Å². The number of primary amides is 1. The molecular weight excluding hydrogens is 238 g/mol. The lowest BCUT2D eigenvalue weighted by molar-refractivity contribution is -0.130. The summed E-state index contributed by atoms with van der Waals surface area (Å²) in [5.41, 5.74) is 7.28. The molecule has 0 saturated carbocycles. The molecule has 0 fully saturated rings. The van der Waals surface area contributed by atoms with Crippen LogP contribution in [0.1, 0.15) is 24.2 Å². The third-order valence-electron chi connectivity index (χ3n) is 2.95. The van der Waals surface area contributed by atoms with Crippen LogP contribution in [0.4, 0.5) is 0 Å². The monoisotopic (exact) mass is 255 g/mol. The van der Waals surface area contributed by atoms with Gasteiger partial charge in [0, 0.05) is 0 Å². The number of ether oxygens (including phenoxy) is 1. The van der Waals surface area contributed by atoms with E-state index >= 15 is 0 Å². The second-order valence-electron chi connectivity index (χ2n) is 4.38. The van der Waals surface area contributed by atoms with Crippen molar-refractivity contribution in [2.75, 3.05) is 0 Å². The Labute approximate surface area is 113 Å². The zero-order valence-electron chi connectivity index (χ0n) is 10.8. The minimum absolute atomic E-state index is 0.287. The maximum Gasteiger partial charge on any atom is 0.246 e. The third-order valence-corrected chi connectivity index (χ3v) is 2.95. The van der Waals surface area contributed by atoms with Gasteiger partial charge in [0.2, 0.25) is 5.91 Å². The highest BCUT2D eigenvalue weighted by Gasteiger charge is 2.20. The molecule has 0 saturated heterocycles. The van der Waals surface area contributed by atoms with Crippen LogP contribution in [0.2, 0.25) is 0 Å². The van der Waals surface area contributed by atoms with Crippen molar-refractivity contribution >= 4 is 5.91 Å². The van der Waals surface area contributed by atoms with Crippen LogP contribution in [-0.4, -0.2) is 12.0 Å². The molecule has 0 aliphatic heterocycles. The Morgan fingerprint density at radius 3 is 1.74 bits per heavy atom. The molecule has 19 heavy (non-hydrogen) atoms. The Kier molecular flexibility index (Phi) is 4.31. The van der Waals surface area contributed by atoms with Crippen LogP contribution in [0.3, 0.4) is 0 Å². The van der Waals surface area contributed by atoms with E-state index in [1.54, 1.807) is 6.92 Å². The molecule has 0 aliphatic rings. The van der Waals surface area contributed by atoms with Crippen molar-refractivity contribution in [3.05, 3.63) is 71.8 Å². The first-order chi connectivity index (χ1) is 9.18. The van der Waals surface area contributed by atoms with E-state index in [1.807, 2.05) is 60.7 Å². The number of hydrogen-bond acceptors (Lipinski definition) is 2. The molecule has 1 atom stereocenters. The number of hydrogen-bond donors (Lipinski definition) is 1. The first-order valence-electron chi connectivity index (χ1n) is 6.23. The molecule has 3 nitrogen and oxygen atoms in total. The first kappa shape index (κ1) is 13.3. The molecule has 2 aromatic rings. The zero-order chi connectivity index (χ0) is 13.7. The lowest BCUT2D eigenvalue weighted by Crippen LogP contribution is -2.30. The Bertz CT molecular complexity index is 485. The van der Waals surface area contributed by atoms with Gasteiger partial charge in [0.25, 0.3) is 0 Å². The van der Waals surface area contributed by atoms with Gasteiger partial charge in [0.1, 0.15) is 12.2 Å². The van der Waals surface area contributed by atoms with Crippen LogP contribution in [0.15, 0.2) is 60.7 Å². The van der Waals surface area contributed by atoms with E-state index in [9.17, 15) is 4.79 Å². The Morgan fingerprint density at radius 1 is 0.947 bits per heavy atom. The predicted octanol–water partition coefficient (Wildman–Crippen LogP) is 2.67. The van der Waals surface area contributed by atoms with Gasteiger partial charge in [-0.3, -0.25) is 4.79 Å². The molecule has 2 rings (SSSR count). The number of carbonyl (C=O) groups is 1. The van der Waals surface area contributed by atoms with E-state index in [0.717, 1.165) is 11.1 Å². The van der Waals surface area contributed by atoms with Gasteiger partial charge in [0.15, 0.2) is 0 Å². The summed E-state index contributed by atoms with van der Waals surface area (Å²) in [5, 5.41) is 0. The van der Waals surface area contributed by atoms with Crippen molar-refractivity contribution in [1.29, 1.82) is 0 Å². The lowest BCUT2D eigenvalue weighted by atomic mass is 10.0. The highest BCUT2D eigenvalue weighted by Crippen LogP contribution is 2.26. The molecule has 0 heterocycles. The van der Waals surface area contributed by atoms with Crippen molar-refractivity contribution in [1.82, 2.24) is 0 Å². The Hall–Kier alpha value is -2.13. The summed E-state index contributed by atoms with van der Waals surface area (Å²) >= 11 is 0. The van der Waals surface area contributed by atoms with Gasteiger partial charge >= 0.3 is 0 Å². The number of amides is 1. The number of rotatable bonds is 5. The smallest absolute Gasteiger partial charge is 0.246 e. The zero-order valence-corrected chi connectivity index (χ0v) is 10.8. The molecule has 3 heteroatoms. The Balaban J connectivity index is 2.32. The van der Waals surface area contributed by atoms with Crippen molar-refractivity contribution in [2.45, 2.75) is 19.1 Å². The van der Waals surface area contributed by atoms with E-state index in [4.69, 9.17) is 10.5 Å². The molecule has 0 spiro atoms. The molecule has 0 aromatic heterocycles. The third kappa shape index (κ3) is 3.42. The molecule has 0 bridgehead atoms. The van der Waals surface area contributed by atoms with Gasteiger partial charge in [0.05, 0.1) is 0 Å². The molecule has 0 radical (unpaired) electrons. The van der Waals surface area contributed by atoms with Gasteiger partial charge in [-0.2, -0.15) is 0 Å². The summed E-state index contributed by atoms with van der Waals surface area (Å²) in [6, 6.07) is 19.6. The fourth-order valence-corrected chi connectivity index (χ4v) is 1.88. The number of benzene rings is 2. The van der Waals surface area contributed by atoms with E-state index < -0.39 is 12.0 Å². The van der Waals surface area contributed by atoms with Crippen molar-refractivity contribution < 1.29 is 9.53 Å². The topological polar surface area (TPSA) is 52.3 Å².